The minimum Gasteiger partial charge on any atom is -0.370 e. The molecule has 0 aliphatic heterocycles. The molecule has 21 heavy (non-hydrogen) atoms. The van der Waals surface area contributed by atoms with Crippen molar-refractivity contribution in [3.8, 4) is 0 Å². The Bertz CT molecular complexity index is 557. The molecule has 4 heteroatoms. The van der Waals surface area contributed by atoms with Gasteiger partial charge < -0.3 is 10.2 Å². The number of hydrogen-bond acceptors (Lipinski definition) is 3. The number of nitrogens with one attached hydrogen (secondary N) is 1. The Balaban J connectivity index is 2.01. The van der Waals surface area contributed by atoms with E-state index in [9.17, 15) is 0 Å². The molecule has 1 heterocycles. The first-order chi connectivity index (χ1) is 10.2. The van der Waals surface area contributed by atoms with Gasteiger partial charge in [-0.2, -0.15) is 0 Å². The van der Waals surface area contributed by atoms with E-state index in [1.165, 1.54) is 5.56 Å². The van der Waals surface area contributed by atoms with E-state index in [4.69, 9.17) is 11.6 Å². The van der Waals surface area contributed by atoms with Gasteiger partial charge in [-0.3, -0.25) is 4.98 Å². The third-order valence-corrected chi connectivity index (χ3v) is 3.74. The number of benzene rings is 1. The van der Waals surface area contributed by atoms with Crippen LogP contribution in [0.3, 0.4) is 0 Å². The van der Waals surface area contributed by atoms with Gasteiger partial charge in [-0.1, -0.05) is 24.6 Å². The lowest BCUT2D eigenvalue weighted by molar-refractivity contribution is 0.675. The van der Waals surface area contributed by atoms with Crippen LogP contribution in [0.15, 0.2) is 42.7 Å². The standard InChI is InChI=1S/C17H22ClN3/c1-3-8-20-12-15-4-5-16(11-17(15)18)21(2)13-14-6-9-19-10-7-14/h4-7,9-11,20H,3,8,12-13H2,1-2H3. The van der Waals surface area contributed by atoms with Crippen molar-refractivity contribution in [2.75, 3.05) is 18.5 Å². The van der Waals surface area contributed by atoms with Crippen LogP contribution in [0.5, 0.6) is 0 Å². The van der Waals surface area contributed by atoms with Crippen LogP contribution in [0.1, 0.15) is 24.5 Å². The first-order valence-corrected chi connectivity index (χ1v) is 7.67. The second kappa shape index (κ2) is 8.01. The van der Waals surface area contributed by atoms with Gasteiger partial charge in [-0.05, 0) is 48.4 Å². The van der Waals surface area contributed by atoms with Gasteiger partial charge in [0.1, 0.15) is 0 Å². The van der Waals surface area contributed by atoms with Crippen LogP contribution in [0, 0.1) is 0 Å². The molecule has 0 bridgehead atoms. The van der Waals surface area contributed by atoms with Crippen molar-refractivity contribution < 1.29 is 0 Å². The van der Waals surface area contributed by atoms with Gasteiger partial charge >= 0.3 is 0 Å². The highest BCUT2D eigenvalue weighted by molar-refractivity contribution is 6.31. The topological polar surface area (TPSA) is 28.2 Å². The zero-order chi connectivity index (χ0) is 15.1. The molecule has 1 aromatic heterocycles. The van der Waals surface area contributed by atoms with Crippen molar-refractivity contribution in [1.29, 1.82) is 0 Å². The predicted molar refractivity (Wildman–Crippen MR) is 89.8 cm³/mol. The summed E-state index contributed by atoms with van der Waals surface area (Å²) in [6.45, 7) is 4.83. The molecular weight excluding hydrogens is 282 g/mol. The molecule has 112 valence electrons. The van der Waals surface area contributed by atoms with Crippen LogP contribution in [0.4, 0.5) is 5.69 Å². The van der Waals surface area contributed by atoms with Crippen molar-refractivity contribution in [3.05, 3.63) is 58.9 Å². The number of halogens is 1. The third kappa shape index (κ3) is 4.73. The van der Waals surface area contributed by atoms with Crippen molar-refractivity contribution in [1.82, 2.24) is 10.3 Å². The maximum absolute atomic E-state index is 6.38. The van der Waals surface area contributed by atoms with E-state index in [2.05, 4.69) is 41.3 Å². The SMILES string of the molecule is CCCNCc1ccc(N(C)Cc2ccncc2)cc1Cl. The Morgan fingerprint density at radius 3 is 2.62 bits per heavy atom. The highest BCUT2D eigenvalue weighted by Crippen LogP contribution is 2.24. The molecule has 0 saturated heterocycles. The Labute approximate surface area is 132 Å². The average molecular weight is 304 g/mol. The van der Waals surface area contributed by atoms with E-state index < -0.39 is 0 Å². The summed E-state index contributed by atoms with van der Waals surface area (Å²) in [7, 11) is 2.07. The van der Waals surface area contributed by atoms with E-state index in [0.29, 0.717) is 0 Å². The largest absolute Gasteiger partial charge is 0.370 e. The molecule has 1 N–H and O–H groups in total. The summed E-state index contributed by atoms with van der Waals surface area (Å²) in [4.78, 5) is 6.23. The van der Waals surface area contributed by atoms with Crippen molar-refractivity contribution in [2.45, 2.75) is 26.4 Å². The second-order valence-corrected chi connectivity index (χ2v) is 5.57. The lowest BCUT2D eigenvalue weighted by Crippen LogP contribution is -2.17. The van der Waals surface area contributed by atoms with Crippen molar-refractivity contribution >= 4 is 17.3 Å². The van der Waals surface area contributed by atoms with Gasteiger partial charge in [0, 0.05) is 43.2 Å². The fourth-order valence-electron chi connectivity index (χ4n) is 2.17. The molecule has 0 aliphatic rings. The highest BCUT2D eigenvalue weighted by atomic mass is 35.5. The first-order valence-electron chi connectivity index (χ1n) is 7.30. The molecule has 0 radical (unpaired) electrons. The summed E-state index contributed by atoms with van der Waals surface area (Å²) in [5, 5.41) is 4.19. The zero-order valence-corrected chi connectivity index (χ0v) is 13.4. The molecule has 2 aromatic rings. The summed E-state index contributed by atoms with van der Waals surface area (Å²) in [6.07, 6.45) is 4.77. The number of hydrogen-bond donors (Lipinski definition) is 1. The van der Waals surface area contributed by atoms with Crippen LogP contribution in [-0.4, -0.2) is 18.6 Å². The summed E-state index contributed by atoms with van der Waals surface area (Å²) in [5.74, 6) is 0. The number of rotatable bonds is 7. The fraction of sp³-hybridized carbons (Fsp3) is 0.353. The highest BCUT2D eigenvalue weighted by Gasteiger charge is 2.06. The number of nitrogens with zero attached hydrogens (tertiary/aromatic N) is 2. The van der Waals surface area contributed by atoms with Crippen molar-refractivity contribution in [3.63, 3.8) is 0 Å². The van der Waals surface area contributed by atoms with E-state index in [1.807, 2.05) is 30.6 Å². The van der Waals surface area contributed by atoms with Gasteiger partial charge in [-0.25, -0.2) is 0 Å². The minimum absolute atomic E-state index is 0.817. The summed E-state index contributed by atoms with van der Waals surface area (Å²) in [5.41, 5.74) is 3.50. The van der Waals surface area contributed by atoms with Gasteiger partial charge in [0.2, 0.25) is 0 Å². The van der Waals surface area contributed by atoms with Crippen molar-refractivity contribution in [2.24, 2.45) is 0 Å². The smallest absolute Gasteiger partial charge is 0.0471 e. The number of anilines is 1. The Hall–Kier alpha value is -1.58. The predicted octanol–water partition coefficient (Wildman–Crippen LogP) is 3.87. The first kappa shape index (κ1) is 15.8. The fourth-order valence-corrected chi connectivity index (χ4v) is 2.41. The van der Waals surface area contributed by atoms with E-state index in [1.54, 1.807) is 0 Å². The molecular formula is C17H22ClN3. The van der Waals surface area contributed by atoms with Gasteiger partial charge in [0.25, 0.3) is 0 Å². The average Bonchev–Trinajstić information content (AvgIpc) is 2.50. The molecule has 0 amide bonds. The quantitative estimate of drug-likeness (QED) is 0.787. The van der Waals surface area contributed by atoms with Crippen LogP contribution in [0.2, 0.25) is 5.02 Å². The summed E-state index contributed by atoms with van der Waals surface area (Å²) in [6, 6.07) is 10.3. The molecule has 0 atom stereocenters. The molecule has 0 unspecified atom stereocenters. The van der Waals surface area contributed by atoms with Crippen LogP contribution in [0.25, 0.3) is 0 Å². The Morgan fingerprint density at radius 1 is 1.19 bits per heavy atom. The normalized spacial score (nSPS) is 10.6. The molecule has 2 rings (SSSR count). The molecule has 0 aliphatic carbocycles. The van der Waals surface area contributed by atoms with Crippen LogP contribution >= 0.6 is 11.6 Å². The minimum atomic E-state index is 0.817. The number of aromatic nitrogens is 1. The maximum Gasteiger partial charge on any atom is 0.0471 e. The van der Waals surface area contributed by atoms with Crippen LogP contribution < -0.4 is 10.2 Å². The Kier molecular flexibility index (Phi) is 6.03. The third-order valence-electron chi connectivity index (χ3n) is 3.39. The summed E-state index contributed by atoms with van der Waals surface area (Å²) < 4.78 is 0. The molecule has 3 nitrogen and oxygen atoms in total. The lowest BCUT2D eigenvalue weighted by Gasteiger charge is -2.20. The lowest BCUT2D eigenvalue weighted by atomic mass is 10.1. The molecule has 0 spiro atoms. The van der Waals surface area contributed by atoms with Gasteiger partial charge in [0.15, 0.2) is 0 Å². The summed E-state index contributed by atoms with van der Waals surface area (Å²) >= 11 is 6.38. The zero-order valence-electron chi connectivity index (χ0n) is 12.6. The van der Waals surface area contributed by atoms with Gasteiger partial charge in [-0.15, -0.1) is 0 Å². The monoisotopic (exact) mass is 303 g/mol. The van der Waals surface area contributed by atoms with Gasteiger partial charge in [0.05, 0.1) is 0 Å². The molecule has 0 saturated carbocycles. The maximum atomic E-state index is 6.38. The Morgan fingerprint density at radius 2 is 1.95 bits per heavy atom. The van der Waals surface area contributed by atoms with Crippen LogP contribution in [-0.2, 0) is 13.1 Å². The van der Waals surface area contributed by atoms with E-state index in [-0.39, 0.29) is 0 Å². The molecule has 0 fully saturated rings. The second-order valence-electron chi connectivity index (χ2n) is 5.16. The van der Waals surface area contributed by atoms with E-state index in [0.717, 1.165) is 42.3 Å². The molecule has 1 aromatic carbocycles. The van der Waals surface area contributed by atoms with E-state index >= 15 is 0 Å². The number of pyridine rings is 1.